The van der Waals surface area contributed by atoms with Crippen LogP contribution in [-0.2, 0) is 9.53 Å². The Morgan fingerprint density at radius 3 is 2.85 bits per heavy atom. The van der Waals surface area contributed by atoms with Crippen molar-refractivity contribution in [2.45, 2.75) is 12.5 Å². The van der Waals surface area contributed by atoms with Crippen LogP contribution in [0.5, 0.6) is 0 Å². The number of allylic oxidation sites excluding steroid dienone is 2. The van der Waals surface area contributed by atoms with Gasteiger partial charge >= 0.3 is 6.16 Å². The van der Waals surface area contributed by atoms with Crippen LogP contribution in [0.2, 0.25) is 0 Å². The number of ether oxygens (including phenoxy) is 1. The third-order valence-electron chi connectivity index (χ3n) is 1.97. The maximum Gasteiger partial charge on any atom is 0.506 e. The molecule has 2 atom stereocenters. The molecule has 0 bridgehead atoms. The zero-order chi connectivity index (χ0) is 9.90. The molecule has 2 unspecified atom stereocenters. The van der Waals surface area contributed by atoms with Crippen LogP contribution in [0.3, 0.4) is 0 Å². The Hall–Kier alpha value is -1.58. The molecule has 0 saturated heterocycles. The zero-order valence-corrected chi connectivity index (χ0v) is 7.14. The molecule has 0 aromatic heterocycles. The lowest BCUT2D eigenvalue weighted by molar-refractivity contribution is -0.115. The number of carboxylic acid groups (broad SMARTS) is 1. The molecular weight excluding hydrogens is 172 g/mol. The van der Waals surface area contributed by atoms with Crippen molar-refractivity contribution in [3.05, 3.63) is 24.3 Å². The summed E-state index contributed by atoms with van der Waals surface area (Å²) in [5.41, 5.74) is -1.07. The van der Waals surface area contributed by atoms with E-state index >= 15 is 0 Å². The normalized spacial score (nSPS) is 31.3. The average Bonchev–Trinajstić information content (AvgIpc) is 2.03. The topological polar surface area (TPSA) is 63.6 Å². The van der Waals surface area contributed by atoms with Gasteiger partial charge in [-0.2, -0.15) is 0 Å². The molecule has 1 rings (SSSR count). The summed E-state index contributed by atoms with van der Waals surface area (Å²) in [6, 6.07) is 0. The monoisotopic (exact) mass is 182 g/mol. The average molecular weight is 182 g/mol. The standard InChI is InChI=1S/C9H10O4/c1-9(13-8(11)12)5-3-2-4-7(9)6-10/h2-7H,1H3,(H,11,12). The Kier molecular flexibility index (Phi) is 2.51. The van der Waals surface area contributed by atoms with Crippen LogP contribution in [0.1, 0.15) is 6.92 Å². The van der Waals surface area contributed by atoms with Gasteiger partial charge < -0.3 is 14.6 Å². The van der Waals surface area contributed by atoms with Crippen LogP contribution < -0.4 is 0 Å². The molecule has 4 nitrogen and oxygen atoms in total. The van der Waals surface area contributed by atoms with Crippen LogP contribution in [0.25, 0.3) is 0 Å². The third kappa shape index (κ3) is 1.96. The van der Waals surface area contributed by atoms with Crippen molar-refractivity contribution < 1.29 is 19.4 Å². The Balaban J connectivity index is 2.85. The zero-order valence-electron chi connectivity index (χ0n) is 7.14. The van der Waals surface area contributed by atoms with E-state index in [1.165, 1.54) is 0 Å². The Bertz CT molecular complexity index is 279. The smallest absolute Gasteiger partial charge is 0.450 e. The highest BCUT2D eigenvalue weighted by atomic mass is 16.7. The number of carbonyl (C=O) groups excluding carboxylic acids is 1. The van der Waals surface area contributed by atoms with E-state index in [1.807, 2.05) is 0 Å². The fourth-order valence-electron chi connectivity index (χ4n) is 1.20. The number of aldehydes is 1. The molecular formula is C9H10O4. The summed E-state index contributed by atoms with van der Waals surface area (Å²) in [4.78, 5) is 20.9. The van der Waals surface area contributed by atoms with E-state index in [-0.39, 0.29) is 0 Å². The first-order valence-electron chi connectivity index (χ1n) is 3.82. The molecule has 1 aliphatic carbocycles. The maximum absolute atomic E-state index is 10.6. The van der Waals surface area contributed by atoms with Crippen molar-refractivity contribution in [3.8, 4) is 0 Å². The predicted molar refractivity (Wildman–Crippen MR) is 45.3 cm³/mol. The molecule has 0 amide bonds. The van der Waals surface area contributed by atoms with Gasteiger partial charge in [-0.25, -0.2) is 4.79 Å². The summed E-state index contributed by atoms with van der Waals surface area (Å²) in [5.74, 6) is -0.548. The molecule has 0 heterocycles. The lowest BCUT2D eigenvalue weighted by Gasteiger charge is -2.29. The van der Waals surface area contributed by atoms with Crippen LogP contribution >= 0.6 is 0 Å². The van der Waals surface area contributed by atoms with Gasteiger partial charge in [0.05, 0.1) is 5.92 Å². The molecule has 1 N–H and O–H groups in total. The lowest BCUT2D eigenvalue weighted by atomic mass is 9.86. The molecule has 0 aromatic rings. The van der Waals surface area contributed by atoms with Crippen molar-refractivity contribution in [2.24, 2.45) is 5.92 Å². The van der Waals surface area contributed by atoms with Crippen molar-refractivity contribution in [3.63, 3.8) is 0 Å². The fourth-order valence-corrected chi connectivity index (χ4v) is 1.20. The first-order valence-corrected chi connectivity index (χ1v) is 3.82. The first kappa shape index (κ1) is 9.51. The Labute approximate surface area is 75.5 Å². The van der Waals surface area contributed by atoms with Gasteiger partial charge in [0.2, 0.25) is 0 Å². The second-order valence-electron chi connectivity index (χ2n) is 2.96. The van der Waals surface area contributed by atoms with Gasteiger partial charge in [-0.1, -0.05) is 18.2 Å². The molecule has 70 valence electrons. The minimum absolute atomic E-state index is 0.548. The van der Waals surface area contributed by atoms with Gasteiger partial charge in [-0.15, -0.1) is 0 Å². The lowest BCUT2D eigenvalue weighted by Crippen LogP contribution is -2.38. The van der Waals surface area contributed by atoms with Gasteiger partial charge in [0.15, 0.2) is 0 Å². The Morgan fingerprint density at radius 1 is 1.62 bits per heavy atom. The quantitative estimate of drug-likeness (QED) is 0.517. The van der Waals surface area contributed by atoms with Crippen molar-refractivity contribution >= 4 is 12.4 Å². The fraction of sp³-hybridized carbons (Fsp3) is 0.333. The summed E-state index contributed by atoms with van der Waals surface area (Å²) in [7, 11) is 0. The number of hydrogen-bond acceptors (Lipinski definition) is 3. The summed E-state index contributed by atoms with van der Waals surface area (Å²) in [5, 5.41) is 8.45. The second-order valence-corrected chi connectivity index (χ2v) is 2.96. The van der Waals surface area contributed by atoms with Crippen molar-refractivity contribution in [1.29, 1.82) is 0 Å². The number of rotatable bonds is 2. The van der Waals surface area contributed by atoms with E-state index in [2.05, 4.69) is 4.74 Å². The number of hydrogen-bond donors (Lipinski definition) is 1. The largest absolute Gasteiger partial charge is 0.506 e. The minimum Gasteiger partial charge on any atom is -0.450 e. The Morgan fingerprint density at radius 2 is 2.31 bits per heavy atom. The van der Waals surface area contributed by atoms with Gasteiger partial charge in [0, 0.05) is 0 Å². The molecule has 0 fully saturated rings. The highest BCUT2D eigenvalue weighted by Gasteiger charge is 2.35. The SMILES string of the molecule is CC1(OC(=O)O)C=CC=CC1C=O. The molecule has 13 heavy (non-hydrogen) atoms. The molecule has 0 aliphatic heterocycles. The van der Waals surface area contributed by atoms with E-state index in [4.69, 9.17) is 5.11 Å². The summed E-state index contributed by atoms with van der Waals surface area (Å²) in [6.45, 7) is 1.56. The molecule has 4 heteroatoms. The molecule has 1 aliphatic rings. The highest BCUT2D eigenvalue weighted by Crippen LogP contribution is 2.26. The van der Waals surface area contributed by atoms with Crippen LogP contribution in [0, 0.1) is 5.92 Å². The van der Waals surface area contributed by atoms with E-state index in [0.717, 1.165) is 0 Å². The van der Waals surface area contributed by atoms with Gasteiger partial charge in [0.1, 0.15) is 11.9 Å². The van der Waals surface area contributed by atoms with E-state index in [9.17, 15) is 9.59 Å². The second kappa shape index (κ2) is 3.43. The summed E-state index contributed by atoms with van der Waals surface area (Å²) < 4.78 is 4.63. The summed E-state index contributed by atoms with van der Waals surface area (Å²) >= 11 is 0. The highest BCUT2D eigenvalue weighted by molar-refractivity contribution is 5.64. The first-order chi connectivity index (χ1) is 6.08. The van der Waals surface area contributed by atoms with Gasteiger partial charge in [-0.05, 0) is 13.0 Å². The van der Waals surface area contributed by atoms with Crippen LogP contribution in [-0.4, -0.2) is 23.1 Å². The van der Waals surface area contributed by atoms with E-state index in [1.54, 1.807) is 31.2 Å². The van der Waals surface area contributed by atoms with Gasteiger partial charge in [-0.3, -0.25) is 0 Å². The van der Waals surface area contributed by atoms with Crippen molar-refractivity contribution in [1.82, 2.24) is 0 Å². The predicted octanol–water partition coefficient (Wildman–Crippen LogP) is 1.38. The summed E-state index contributed by atoms with van der Waals surface area (Å²) in [6.07, 6.45) is 5.79. The maximum atomic E-state index is 10.6. The third-order valence-corrected chi connectivity index (χ3v) is 1.97. The number of carbonyl (C=O) groups is 2. The van der Waals surface area contributed by atoms with E-state index in [0.29, 0.717) is 6.29 Å². The van der Waals surface area contributed by atoms with Crippen LogP contribution in [0.15, 0.2) is 24.3 Å². The van der Waals surface area contributed by atoms with Crippen molar-refractivity contribution in [2.75, 3.05) is 0 Å². The van der Waals surface area contributed by atoms with E-state index < -0.39 is 17.7 Å². The molecule has 0 aromatic carbocycles. The van der Waals surface area contributed by atoms with Crippen LogP contribution in [0.4, 0.5) is 4.79 Å². The molecule has 0 saturated carbocycles. The molecule has 0 spiro atoms. The minimum atomic E-state index is -1.38. The van der Waals surface area contributed by atoms with Gasteiger partial charge in [0.25, 0.3) is 0 Å². The molecule has 0 radical (unpaired) electrons.